The average molecular weight is 271 g/mol. The standard InChI is InChI=1S/C15H17N3O2/c1-15(2,3)20-14(19)17-7-4-5-11-9-12-6-8-16-13(12)18-10-11/h6,8-10H,7H2,1-3H3,(H,16,18)(H,17,19). The van der Waals surface area contributed by atoms with Gasteiger partial charge in [0.2, 0.25) is 0 Å². The Kier molecular flexibility index (Phi) is 3.94. The van der Waals surface area contributed by atoms with Crippen molar-refractivity contribution >= 4 is 17.1 Å². The highest BCUT2D eigenvalue weighted by molar-refractivity contribution is 5.76. The van der Waals surface area contributed by atoms with Crippen LogP contribution in [0.2, 0.25) is 0 Å². The molecule has 1 amide bonds. The fourth-order valence-electron chi connectivity index (χ4n) is 1.58. The number of ether oxygens (including phenoxy) is 1. The van der Waals surface area contributed by atoms with E-state index in [1.54, 1.807) is 6.20 Å². The molecule has 0 bridgehead atoms. The number of alkyl carbamates (subject to hydrolysis) is 1. The maximum Gasteiger partial charge on any atom is 0.408 e. The van der Waals surface area contributed by atoms with Gasteiger partial charge in [0, 0.05) is 23.3 Å². The van der Waals surface area contributed by atoms with Gasteiger partial charge in [0.05, 0.1) is 6.54 Å². The van der Waals surface area contributed by atoms with Crippen LogP contribution in [0.4, 0.5) is 4.79 Å². The monoisotopic (exact) mass is 271 g/mol. The minimum atomic E-state index is -0.499. The van der Waals surface area contributed by atoms with Crippen molar-refractivity contribution in [3.8, 4) is 11.8 Å². The Morgan fingerprint density at radius 3 is 3.05 bits per heavy atom. The number of carbonyl (C=O) groups is 1. The van der Waals surface area contributed by atoms with E-state index in [1.807, 2.05) is 39.1 Å². The Labute approximate surface area is 117 Å². The zero-order valence-electron chi connectivity index (χ0n) is 11.8. The van der Waals surface area contributed by atoms with Crippen molar-refractivity contribution in [2.24, 2.45) is 0 Å². The number of nitrogens with one attached hydrogen (secondary N) is 2. The third-order valence-electron chi connectivity index (χ3n) is 2.35. The van der Waals surface area contributed by atoms with Gasteiger partial charge in [-0.3, -0.25) is 0 Å². The Balaban J connectivity index is 1.89. The molecule has 20 heavy (non-hydrogen) atoms. The van der Waals surface area contributed by atoms with Crippen molar-refractivity contribution in [3.63, 3.8) is 0 Å². The van der Waals surface area contributed by atoms with Crippen LogP contribution in [0.1, 0.15) is 26.3 Å². The highest BCUT2D eigenvalue weighted by atomic mass is 16.6. The Morgan fingerprint density at radius 2 is 2.30 bits per heavy atom. The van der Waals surface area contributed by atoms with Gasteiger partial charge in [0.25, 0.3) is 0 Å². The molecule has 0 aliphatic carbocycles. The van der Waals surface area contributed by atoms with E-state index in [2.05, 4.69) is 27.1 Å². The summed E-state index contributed by atoms with van der Waals surface area (Å²) in [6.45, 7) is 5.68. The summed E-state index contributed by atoms with van der Waals surface area (Å²) < 4.78 is 5.10. The fraction of sp³-hybridized carbons (Fsp3) is 0.333. The molecule has 0 atom stereocenters. The summed E-state index contributed by atoms with van der Waals surface area (Å²) in [5.41, 5.74) is 1.14. The van der Waals surface area contributed by atoms with Crippen LogP contribution in [0.5, 0.6) is 0 Å². The highest BCUT2D eigenvalue weighted by Gasteiger charge is 2.14. The Hall–Kier alpha value is -2.48. The topological polar surface area (TPSA) is 67.0 Å². The summed E-state index contributed by atoms with van der Waals surface area (Å²) in [5.74, 6) is 5.81. The molecule has 104 valence electrons. The minimum Gasteiger partial charge on any atom is -0.444 e. The van der Waals surface area contributed by atoms with Crippen LogP contribution in [0, 0.1) is 11.8 Å². The van der Waals surface area contributed by atoms with E-state index in [9.17, 15) is 4.79 Å². The van der Waals surface area contributed by atoms with Crippen LogP contribution in [-0.4, -0.2) is 28.2 Å². The lowest BCUT2D eigenvalue weighted by atomic mass is 10.2. The van der Waals surface area contributed by atoms with E-state index in [0.29, 0.717) is 0 Å². The number of carbonyl (C=O) groups excluding carboxylic acids is 1. The molecule has 2 rings (SSSR count). The molecule has 0 aliphatic heterocycles. The third kappa shape index (κ3) is 4.02. The smallest absolute Gasteiger partial charge is 0.408 e. The molecule has 0 saturated heterocycles. The summed E-state index contributed by atoms with van der Waals surface area (Å²) in [4.78, 5) is 18.6. The summed E-state index contributed by atoms with van der Waals surface area (Å²) in [6, 6.07) is 3.88. The number of amides is 1. The van der Waals surface area contributed by atoms with Crippen molar-refractivity contribution in [1.82, 2.24) is 15.3 Å². The quantitative estimate of drug-likeness (QED) is 0.783. The van der Waals surface area contributed by atoms with Crippen LogP contribution in [0.25, 0.3) is 11.0 Å². The molecular weight excluding hydrogens is 254 g/mol. The van der Waals surface area contributed by atoms with E-state index in [-0.39, 0.29) is 6.54 Å². The lowest BCUT2D eigenvalue weighted by Gasteiger charge is -2.18. The van der Waals surface area contributed by atoms with E-state index in [4.69, 9.17) is 4.74 Å². The molecule has 5 nitrogen and oxygen atoms in total. The van der Waals surface area contributed by atoms with E-state index >= 15 is 0 Å². The number of pyridine rings is 1. The van der Waals surface area contributed by atoms with Crippen molar-refractivity contribution in [3.05, 3.63) is 30.1 Å². The SMILES string of the molecule is CC(C)(C)OC(=O)NCC#Cc1cnc2[nH]ccc2c1. The summed E-state index contributed by atoms with van der Waals surface area (Å²) >= 11 is 0. The zero-order chi connectivity index (χ0) is 14.6. The molecule has 2 aromatic rings. The lowest BCUT2D eigenvalue weighted by molar-refractivity contribution is 0.0535. The van der Waals surface area contributed by atoms with Crippen molar-refractivity contribution < 1.29 is 9.53 Å². The zero-order valence-corrected chi connectivity index (χ0v) is 11.8. The van der Waals surface area contributed by atoms with Crippen LogP contribution < -0.4 is 5.32 Å². The molecule has 0 aromatic carbocycles. The summed E-state index contributed by atoms with van der Waals surface area (Å²) in [5, 5.41) is 3.59. The molecule has 2 N–H and O–H groups in total. The second kappa shape index (κ2) is 5.66. The predicted octanol–water partition coefficient (Wildman–Crippen LogP) is 2.44. The first-order chi connectivity index (χ1) is 9.44. The molecule has 2 heterocycles. The second-order valence-electron chi connectivity index (χ2n) is 5.30. The molecule has 0 spiro atoms. The first-order valence-electron chi connectivity index (χ1n) is 6.33. The summed E-state index contributed by atoms with van der Waals surface area (Å²) in [7, 11) is 0. The van der Waals surface area contributed by atoms with Crippen LogP contribution >= 0.6 is 0 Å². The maximum atomic E-state index is 11.4. The number of hydrogen-bond donors (Lipinski definition) is 2. The molecule has 0 unspecified atom stereocenters. The molecule has 0 aliphatic rings. The number of rotatable bonds is 1. The van der Waals surface area contributed by atoms with Gasteiger partial charge in [-0.05, 0) is 32.9 Å². The first-order valence-corrected chi connectivity index (χ1v) is 6.33. The molecule has 2 aromatic heterocycles. The Bertz CT molecular complexity index is 671. The molecule has 0 saturated carbocycles. The van der Waals surface area contributed by atoms with Gasteiger partial charge < -0.3 is 15.0 Å². The first kappa shape index (κ1) is 13.9. The fourth-order valence-corrected chi connectivity index (χ4v) is 1.58. The van der Waals surface area contributed by atoms with Crippen LogP contribution in [-0.2, 0) is 4.74 Å². The van der Waals surface area contributed by atoms with E-state index < -0.39 is 11.7 Å². The van der Waals surface area contributed by atoms with Crippen molar-refractivity contribution in [2.75, 3.05) is 6.54 Å². The molecule has 5 heteroatoms. The Morgan fingerprint density at radius 1 is 1.50 bits per heavy atom. The van der Waals surface area contributed by atoms with Gasteiger partial charge in [-0.15, -0.1) is 0 Å². The van der Waals surface area contributed by atoms with E-state index in [1.165, 1.54) is 0 Å². The third-order valence-corrected chi connectivity index (χ3v) is 2.35. The number of aromatic amines is 1. The normalized spacial score (nSPS) is 10.8. The van der Waals surface area contributed by atoms with Crippen molar-refractivity contribution in [1.29, 1.82) is 0 Å². The van der Waals surface area contributed by atoms with Crippen molar-refractivity contribution in [2.45, 2.75) is 26.4 Å². The number of fused-ring (bicyclic) bond motifs is 1. The van der Waals surface area contributed by atoms with E-state index in [0.717, 1.165) is 16.6 Å². The number of hydrogen-bond acceptors (Lipinski definition) is 3. The summed E-state index contributed by atoms with van der Waals surface area (Å²) in [6.07, 6.45) is 3.06. The minimum absolute atomic E-state index is 0.236. The maximum absolute atomic E-state index is 11.4. The van der Waals surface area contributed by atoms with Gasteiger partial charge in [0.1, 0.15) is 11.2 Å². The van der Waals surface area contributed by atoms with Gasteiger partial charge >= 0.3 is 6.09 Å². The second-order valence-corrected chi connectivity index (χ2v) is 5.30. The van der Waals surface area contributed by atoms with Gasteiger partial charge in [-0.2, -0.15) is 0 Å². The van der Waals surface area contributed by atoms with Gasteiger partial charge in [-0.25, -0.2) is 9.78 Å². The van der Waals surface area contributed by atoms with Gasteiger partial charge in [-0.1, -0.05) is 11.8 Å². The molecular formula is C15H17N3O2. The average Bonchev–Trinajstić information content (AvgIpc) is 2.79. The lowest BCUT2D eigenvalue weighted by Crippen LogP contribution is -2.32. The largest absolute Gasteiger partial charge is 0.444 e. The molecule has 0 fully saturated rings. The van der Waals surface area contributed by atoms with Gasteiger partial charge in [0.15, 0.2) is 0 Å². The van der Waals surface area contributed by atoms with Crippen LogP contribution in [0.3, 0.4) is 0 Å². The number of H-pyrrole nitrogens is 1. The van der Waals surface area contributed by atoms with Crippen LogP contribution in [0.15, 0.2) is 24.5 Å². The number of aromatic nitrogens is 2. The predicted molar refractivity (Wildman–Crippen MR) is 77.2 cm³/mol. The number of nitrogens with zero attached hydrogens (tertiary/aromatic N) is 1. The molecule has 0 radical (unpaired) electrons. The highest BCUT2D eigenvalue weighted by Crippen LogP contribution is 2.10.